The van der Waals surface area contributed by atoms with Gasteiger partial charge in [0.25, 0.3) is 17.5 Å². The van der Waals surface area contributed by atoms with E-state index in [0.29, 0.717) is 17.0 Å². The molecule has 1 fully saturated rings. The summed E-state index contributed by atoms with van der Waals surface area (Å²) in [7, 11) is 0. The predicted molar refractivity (Wildman–Crippen MR) is 114 cm³/mol. The van der Waals surface area contributed by atoms with Crippen LogP contribution in [0.1, 0.15) is 11.1 Å². The molecule has 0 saturated carbocycles. The summed E-state index contributed by atoms with van der Waals surface area (Å²) in [5, 5.41) is 11.9. The third-order valence-electron chi connectivity index (χ3n) is 4.65. The molecule has 0 unspecified atom stereocenters. The van der Waals surface area contributed by atoms with Gasteiger partial charge in [0, 0.05) is 12.1 Å². The molecule has 0 aromatic heterocycles. The lowest BCUT2D eigenvalue weighted by molar-refractivity contribution is -0.384. The van der Waals surface area contributed by atoms with E-state index in [-0.39, 0.29) is 17.9 Å². The fraction of sp³-hybridized carbons (Fsp3) is 0.0435. The van der Waals surface area contributed by atoms with Gasteiger partial charge in [0.2, 0.25) is 0 Å². The lowest BCUT2D eigenvalue weighted by Gasteiger charge is -2.13. The Balaban J connectivity index is 1.42. The fourth-order valence-electron chi connectivity index (χ4n) is 3.02. The Kier molecular flexibility index (Phi) is 5.44. The van der Waals surface area contributed by atoms with Gasteiger partial charge in [0.05, 0.1) is 10.6 Å². The number of ether oxygens (including phenoxy) is 1. The lowest BCUT2D eigenvalue weighted by atomic mass is 10.1. The number of non-ortho nitro benzene ring substituents is 1. The van der Waals surface area contributed by atoms with Crippen molar-refractivity contribution < 1.29 is 19.2 Å². The number of hydrogen-bond acceptors (Lipinski definition) is 5. The van der Waals surface area contributed by atoms with Gasteiger partial charge in [-0.05, 0) is 53.6 Å². The van der Waals surface area contributed by atoms with Crippen molar-refractivity contribution in [3.8, 4) is 5.75 Å². The van der Waals surface area contributed by atoms with Crippen LogP contribution in [0.5, 0.6) is 5.75 Å². The Morgan fingerprint density at radius 1 is 0.935 bits per heavy atom. The van der Waals surface area contributed by atoms with Gasteiger partial charge in [0.15, 0.2) is 0 Å². The van der Waals surface area contributed by atoms with Crippen LogP contribution in [0.4, 0.5) is 11.4 Å². The Morgan fingerprint density at radius 2 is 1.61 bits per heavy atom. The quantitative estimate of drug-likeness (QED) is 0.287. The topological polar surface area (TPSA) is 102 Å². The SMILES string of the molecule is O=C1NN(c2ccccc2)C(=O)/C1=C\c1ccc(OCc2ccc([N+](=O)[O-])cc2)cc1. The van der Waals surface area contributed by atoms with Gasteiger partial charge in [-0.15, -0.1) is 0 Å². The molecule has 4 rings (SSSR count). The number of rotatable bonds is 6. The predicted octanol–water partition coefficient (Wildman–Crippen LogP) is 3.64. The van der Waals surface area contributed by atoms with Crippen molar-refractivity contribution in [3.05, 3.63) is 106 Å². The van der Waals surface area contributed by atoms with Crippen molar-refractivity contribution in [3.63, 3.8) is 0 Å². The number of carbonyl (C=O) groups excluding carboxylic acids is 2. The number of carbonyl (C=O) groups is 2. The monoisotopic (exact) mass is 415 g/mol. The number of amides is 2. The van der Waals surface area contributed by atoms with Crippen LogP contribution in [0.2, 0.25) is 0 Å². The van der Waals surface area contributed by atoms with Crippen LogP contribution >= 0.6 is 0 Å². The molecular formula is C23H17N3O5. The molecule has 2 amide bonds. The first-order valence-corrected chi connectivity index (χ1v) is 9.39. The first-order chi connectivity index (χ1) is 15.0. The second kappa shape index (κ2) is 8.50. The van der Waals surface area contributed by atoms with Crippen molar-refractivity contribution in [2.24, 2.45) is 0 Å². The third kappa shape index (κ3) is 4.43. The average Bonchev–Trinajstić information content (AvgIpc) is 3.08. The van der Waals surface area contributed by atoms with Crippen molar-refractivity contribution in [2.75, 3.05) is 5.01 Å². The first kappa shape index (κ1) is 19.8. The molecule has 3 aromatic carbocycles. The largest absolute Gasteiger partial charge is 0.489 e. The van der Waals surface area contributed by atoms with Gasteiger partial charge in [-0.2, -0.15) is 0 Å². The van der Waals surface area contributed by atoms with Gasteiger partial charge in [0.1, 0.15) is 17.9 Å². The number of anilines is 1. The number of para-hydroxylation sites is 1. The molecule has 0 atom stereocenters. The molecule has 1 saturated heterocycles. The molecule has 0 radical (unpaired) electrons. The molecule has 1 N–H and O–H groups in total. The number of hydrazine groups is 1. The summed E-state index contributed by atoms with van der Waals surface area (Å²) >= 11 is 0. The molecule has 0 aliphatic carbocycles. The van der Waals surface area contributed by atoms with Crippen LogP contribution in [-0.4, -0.2) is 16.7 Å². The van der Waals surface area contributed by atoms with Gasteiger partial charge in [-0.3, -0.25) is 25.1 Å². The Hall–Kier alpha value is -4.46. The zero-order valence-electron chi connectivity index (χ0n) is 16.2. The highest BCUT2D eigenvalue weighted by atomic mass is 16.6. The lowest BCUT2D eigenvalue weighted by Crippen LogP contribution is -2.35. The maximum absolute atomic E-state index is 12.6. The van der Waals surface area contributed by atoms with E-state index in [1.165, 1.54) is 23.2 Å². The molecule has 154 valence electrons. The van der Waals surface area contributed by atoms with Crippen molar-refractivity contribution >= 4 is 29.3 Å². The van der Waals surface area contributed by atoms with E-state index in [2.05, 4.69) is 5.43 Å². The maximum Gasteiger partial charge on any atom is 0.282 e. The molecule has 1 aliphatic rings. The minimum absolute atomic E-state index is 0.0254. The Labute approximate surface area is 177 Å². The van der Waals surface area contributed by atoms with Gasteiger partial charge in [-0.25, -0.2) is 5.01 Å². The van der Waals surface area contributed by atoms with Gasteiger partial charge >= 0.3 is 0 Å². The first-order valence-electron chi connectivity index (χ1n) is 9.39. The fourth-order valence-corrected chi connectivity index (χ4v) is 3.02. The normalized spacial score (nSPS) is 14.6. The number of benzene rings is 3. The van der Waals surface area contributed by atoms with Gasteiger partial charge in [-0.1, -0.05) is 30.3 Å². The van der Waals surface area contributed by atoms with E-state index in [4.69, 9.17) is 4.74 Å². The summed E-state index contributed by atoms with van der Waals surface area (Å²) in [4.78, 5) is 35.1. The highest BCUT2D eigenvalue weighted by Gasteiger charge is 2.34. The second-order valence-electron chi connectivity index (χ2n) is 6.76. The van der Waals surface area contributed by atoms with Crippen LogP contribution < -0.4 is 15.2 Å². The minimum atomic E-state index is -0.465. The van der Waals surface area contributed by atoms with Crippen molar-refractivity contribution in [1.82, 2.24) is 5.43 Å². The average molecular weight is 415 g/mol. The number of nitro benzene ring substituents is 1. The standard InChI is InChI=1S/C23H17N3O5/c27-22-21(23(28)25(24-22)18-4-2-1-3-5-18)14-16-8-12-20(13-9-16)31-15-17-6-10-19(11-7-17)26(29)30/h1-14H,15H2,(H,24,27)/b21-14-. The number of hydrogen-bond donors (Lipinski definition) is 1. The summed E-state index contributed by atoms with van der Waals surface area (Å²) < 4.78 is 5.69. The van der Waals surface area contributed by atoms with Crippen LogP contribution in [0.3, 0.4) is 0 Å². The van der Waals surface area contributed by atoms with E-state index in [1.54, 1.807) is 60.7 Å². The molecule has 31 heavy (non-hydrogen) atoms. The molecule has 8 heteroatoms. The van der Waals surface area contributed by atoms with Crippen LogP contribution in [-0.2, 0) is 16.2 Å². The van der Waals surface area contributed by atoms with Gasteiger partial charge < -0.3 is 4.74 Å². The molecule has 1 aliphatic heterocycles. The van der Waals surface area contributed by atoms with Crippen LogP contribution in [0, 0.1) is 10.1 Å². The number of nitrogens with zero attached hydrogens (tertiary/aromatic N) is 2. The summed E-state index contributed by atoms with van der Waals surface area (Å²) in [6, 6.07) is 21.9. The molecule has 1 heterocycles. The van der Waals surface area contributed by atoms with E-state index >= 15 is 0 Å². The van der Waals surface area contributed by atoms with Crippen molar-refractivity contribution in [2.45, 2.75) is 6.61 Å². The third-order valence-corrected chi connectivity index (χ3v) is 4.65. The van der Waals surface area contributed by atoms with E-state index in [9.17, 15) is 19.7 Å². The molecule has 0 bridgehead atoms. The van der Waals surface area contributed by atoms with E-state index in [1.807, 2.05) is 6.07 Å². The molecule has 8 nitrogen and oxygen atoms in total. The smallest absolute Gasteiger partial charge is 0.282 e. The summed E-state index contributed by atoms with van der Waals surface area (Å²) in [5.41, 5.74) is 4.69. The Morgan fingerprint density at radius 3 is 2.26 bits per heavy atom. The molecular weight excluding hydrogens is 398 g/mol. The zero-order chi connectivity index (χ0) is 21.8. The highest BCUT2D eigenvalue weighted by molar-refractivity contribution is 6.31. The minimum Gasteiger partial charge on any atom is -0.489 e. The second-order valence-corrected chi connectivity index (χ2v) is 6.76. The van der Waals surface area contributed by atoms with Crippen LogP contribution in [0.15, 0.2) is 84.4 Å². The number of nitro groups is 1. The van der Waals surface area contributed by atoms with Crippen molar-refractivity contribution in [1.29, 1.82) is 0 Å². The molecule has 0 spiro atoms. The molecule has 3 aromatic rings. The van der Waals surface area contributed by atoms with Crippen LogP contribution in [0.25, 0.3) is 6.08 Å². The summed E-state index contributed by atoms with van der Waals surface area (Å²) in [6.07, 6.45) is 1.53. The summed E-state index contributed by atoms with van der Waals surface area (Å²) in [5.74, 6) is -0.296. The zero-order valence-corrected chi connectivity index (χ0v) is 16.2. The summed E-state index contributed by atoms with van der Waals surface area (Å²) in [6.45, 7) is 0.255. The number of nitrogens with one attached hydrogen (secondary N) is 1. The Bertz CT molecular complexity index is 1160. The maximum atomic E-state index is 12.6. The van der Waals surface area contributed by atoms with E-state index < -0.39 is 16.7 Å². The highest BCUT2D eigenvalue weighted by Crippen LogP contribution is 2.22. The van der Waals surface area contributed by atoms with E-state index in [0.717, 1.165) is 5.56 Å².